The maximum absolute atomic E-state index is 5.60. The quantitative estimate of drug-likeness (QED) is 0.512. The number of benzene rings is 2. The van der Waals surface area contributed by atoms with Gasteiger partial charge in [0.25, 0.3) is 5.82 Å². The standard InChI is InChI=1S/C22H24BrN2O.BrH/c1-2-26-20-13-11-19(12-14-20)25-16-21(17-7-9-18(23)10-8-17)24-15-5-3-4-6-22(24)25;/h7-14,16H,2-6,15H2,1H3;1H/q+1;/p-1. The first-order valence-corrected chi connectivity index (χ1v) is 10.2. The van der Waals surface area contributed by atoms with Crippen molar-refractivity contribution in [1.82, 2.24) is 4.57 Å². The summed E-state index contributed by atoms with van der Waals surface area (Å²) >= 11 is 3.54. The third-order valence-corrected chi connectivity index (χ3v) is 5.51. The molecular formula is C22H24Br2N2O. The Hall–Kier alpha value is -1.59. The van der Waals surface area contributed by atoms with E-state index in [1.165, 1.54) is 42.0 Å². The molecule has 0 atom stereocenters. The third-order valence-electron chi connectivity index (χ3n) is 4.98. The molecule has 1 aromatic heterocycles. The molecule has 0 saturated carbocycles. The fourth-order valence-electron chi connectivity index (χ4n) is 3.71. The molecule has 0 radical (unpaired) electrons. The predicted molar refractivity (Wildman–Crippen MR) is 108 cm³/mol. The lowest BCUT2D eigenvalue weighted by molar-refractivity contribution is -0.692. The molecule has 142 valence electrons. The molecule has 0 bridgehead atoms. The molecule has 0 unspecified atom stereocenters. The van der Waals surface area contributed by atoms with Crippen molar-refractivity contribution in [2.24, 2.45) is 0 Å². The van der Waals surface area contributed by atoms with Crippen LogP contribution in [0.3, 0.4) is 0 Å². The molecule has 4 rings (SSSR count). The second kappa shape index (κ2) is 9.07. The number of imidazole rings is 1. The Morgan fingerprint density at radius 2 is 1.74 bits per heavy atom. The maximum Gasteiger partial charge on any atom is 0.262 e. The van der Waals surface area contributed by atoms with Gasteiger partial charge in [0.2, 0.25) is 0 Å². The van der Waals surface area contributed by atoms with Gasteiger partial charge in [0.15, 0.2) is 5.69 Å². The predicted octanol–water partition coefficient (Wildman–Crippen LogP) is 2.32. The fraction of sp³-hybridized carbons (Fsp3) is 0.318. The molecule has 27 heavy (non-hydrogen) atoms. The first-order chi connectivity index (χ1) is 12.8. The number of hydrogen-bond acceptors (Lipinski definition) is 1. The molecule has 0 N–H and O–H groups in total. The lowest BCUT2D eigenvalue weighted by Gasteiger charge is -2.05. The molecule has 5 heteroatoms. The molecule has 1 aliphatic rings. The van der Waals surface area contributed by atoms with E-state index in [2.05, 4.69) is 79.8 Å². The molecule has 0 aliphatic carbocycles. The fourth-order valence-corrected chi connectivity index (χ4v) is 3.98. The van der Waals surface area contributed by atoms with Crippen molar-refractivity contribution >= 4 is 15.9 Å². The van der Waals surface area contributed by atoms with E-state index in [1.54, 1.807) is 0 Å². The summed E-state index contributed by atoms with van der Waals surface area (Å²) in [5.41, 5.74) is 3.76. The molecule has 0 amide bonds. The molecule has 3 nitrogen and oxygen atoms in total. The van der Waals surface area contributed by atoms with E-state index >= 15 is 0 Å². The summed E-state index contributed by atoms with van der Waals surface area (Å²) in [7, 11) is 0. The minimum Gasteiger partial charge on any atom is -1.00 e. The van der Waals surface area contributed by atoms with Gasteiger partial charge in [-0.15, -0.1) is 0 Å². The molecular weight excluding hydrogens is 468 g/mol. The van der Waals surface area contributed by atoms with Crippen LogP contribution in [0.2, 0.25) is 0 Å². The number of nitrogens with zero attached hydrogens (tertiary/aromatic N) is 2. The minimum atomic E-state index is 0. The van der Waals surface area contributed by atoms with Gasteiger partial charge in [-0.25, -0.2) is 4.57 Å². The van der Waals surface area contributed by atoms with Crippen molar-refractivity contribution in [3.63, 3.8) is 0 Å². The second-order valence-electron chi connectivity index (χ2n) is 6.70. The van der Waals surface area contributed by atoms with Crippen LogP contribution in [0.5, 0.6) is 5.75 Å². The Balaban J connectivity index is 0.00000210. The van der Waals surface area contributed by atoms with Crippen LogP contribution in [-0.2, 0) is 13.0 Å². The molecule has 3 aromatic rings. The van der Waals surface area contributed by atoms with Crippen molar-refractivity contribution in [1.29, 1.82) is 0 Å². The number of ether oxygens (including phenoxy) is 1. The highest BCUT2D eigenvalue weighted by atomic mass is 79.9. The lowest BCUT2D eigenvalue weighted by Crippen LogP contribution is -3.00. The normalized spacial score (nSPS) is 13.4. The highest BCUT2D eigenvalue weighted by molar-refractivity contribution is 9.10. The zero-order valence-corrected chi connectivity index (χ0v) is 18.7. The number of halogens is 2. The van der Waals surface area contributed by atoms with Crippen molar-refractivity contribution in [2.45, 2.75) is 39.2 Å². The highest BCUT2D eigenvalue weighted by Gasteiger charge is 2.26. The number of fused-ring (bicyclic) bond motifs is 1. The molecule has 2 aromatic carbocycles. The Labute approximate surface area is 179 Å². The van der Waals surface area contributed by atoms with Crippen molar-refractivity contribution < 1.29 is 26.3 Å². The maximum atomic E-state index is 5.60. The minimum absolute atomic E-state index is 0. The van der Waals surface area contributed by atoms with Crippen LogP contribution in [0.4, 0.5) is 0 Å². The van der Waals surface area contributed by atoms with Gasteiger partial charge in [-0.05, 0) is 74.7 Å². The van der Waals surface area contributed by atoms with Crippen molar-refractivity contribution in [2.75, 3.05) is 6.61 Å². The number of hydrogen-bond donors (Lipinski definition) is 0. The average Bonchev–Trinajstić information content (AvgIpc) is 2.85. The van der Waals surface area contributed by atoms with E-state index in [-0.39, 0.29) is 17.0 Å². The van der Waals surface area contributed by atoms with Crippen LogP contribution < -0.4 is 26.3 Å². The zero-order chi connectivity index (χ0) is 17.9. The number of rotatable bonds is 4. The highest BCUT2D eigenvalue weighted by Crippen LogP contribution is 2.25. The summed E-state index contributed by atoms with van der Waals surface area (Å²) in [6.45, 7) is 3.80. The average molecular weight is 492 g/mol. The van der Waals surface area contributed by atoms with Crippen molar-refractivity contribution in [3.8, 4) is 22.7 Å². The van der Waals surface area contributed by atoms with Crippen LogP contribution >= 0.6 is 15.9 Å². The van der Waals surface area contributed by atoms with Gasteiger partial charge >= 0.3 is 0 Å². The monoisotopic (exact) mass is 490 g/mol. The number of aromatic nitrogens is 2. The van der Waals surface area contributed by atoms with E-state index in [0.29, 0.717) is 6.61 Å². The van der Waals surface area contributed by atoms with E-state index in [1.807, 2.05) is 6.92 Å². The van der Waals surface area contributed by atoms with E-state index in [4.69, 9.17) is 4.74 Å². The first kappa shape index (κ1) is 20.2. The molecule has 0 fully saturated rings. The zero-order valence-electron chi connectivity index (χ0n) is 15.5. The largest absolute Gasteiger partial charge is 1.00 e. The summed E-state index contributed by atoms with van der Waals surface area (Å²) in [6, 6.07) is 17.1. The van der Waals surface area contributed by atoms with Crippen LogP contribution in [0.15, 0.2) is 59.2 Å². The second-order valence-corrected chi connectivity index (χ2v) is 7.61. The summed E-state index contributed by atoms with van der Waals surface area (Å²) < 4.78 is 11.6. The smallest absolute Gasteiger partial charge is 0.262 e. The Morgan fingerprint density at radius 1 is 1.00 bits per heavy atom. The Kier molecular flexibility index (Phi) is 6.77. The van der Waals surface area contributed by atoms with Gasteiger partial charge in [-0.2, -0.15) is 4.57 Å². The van der Waals surface area contributed by atoms with Gasteiger partial charge in [0.1, 0.15) is 17.6 Å². The molecule has 2 heterocycles. The van der Waals surface area contributed by atoms with Gasteiger partial charge in [-0.3, -0.25) is 0 Å². The first-order valence-electron chi connectivity index (χ1n) is 9.39. The van der Waals surface area contributed by atoms with E-state index in [9.17, 15) is 0 Å². The van der Waals surface area contributed by atoms with Crippen LogP contribution in [0, 0.1) is 0 Å². The molecule has 0 saturated heterocycles. The SMILES string of the molecule is CCOc1ccc(-n2cc(-c3ccc(Br)cc3)[n+]3c2CCCCC3)cc1.[Br-]. The van der Waals surface area contributed by atoms with Crippen LogP contribution in [0.1, 0.15) is 32.0 Å². The van der Waals surface area contributed by atoms with Gasteiger partial charge in [0, 0.05) is 16.5 Å². The summed E-state index contributed by atoms with van der Waals surface area (Å²) in [6.07, 6.45) is 7.20. The topological polar surface area (TPSA) is 18.0 Å². The summed E-state index contributed by atoms with van der Waals surface area (Å²) in [5, 5.41) is 0. The van der Waals surface area contributed by atoms with E-state index < -0.39 is 0 Å². The van der Waals surface area contributed by atoms with Crippen LogP contribution in [0.25, 0.3) is 16.9 Å². The summed E-state index contributed by atoms with van der Waals surface area (Å²) in [5.74, 6) is 2.32. The van der Waals surface area contributed by atoms with Crippen LogP contribution in [-0.4, -0.2) is 11.2 Å². The lowest BCUT2D eigenvalue weighted by atomic mass is 10.1. The van der Waals surface area contributed by atoms with Crippen molar-refractivity contribution in [3.05, 3.63) is 65.0 Å². The summed E-state index contributed by atoms with van der Waals surface area (Å²) in [4.78, 5) is 0. The Morgan fingerprint density at radius 3 is 2.44 bits per heavy atom. The molecule has 1 aliphatic heterocycles. The van der Waals surface area contributed by atoms with Gasteiger partial charge < -0.3 is 21.7 Å². The van der Waals surface area contributed by atoms with Gasteiger partial charge in [-0.1, -0.05) is 15.9 Å². The van der Waals surface area contributed by atoms with Gasteiger partial charge in [0.05, 0.1) is 13.2 Å². The Bertz CT molecular complexity index is 886. The third kappa shape index (κ3) is 4.30. The van der Waals surface area contributed by atoms with E-state index in [0.717, 1.165) is 23.2 Å². The molecule has 0 spiro atoms.